The summed E-state index contributed by atoms with van der Waals surface area (Å²) in [7, 11) is 3.12. The van der Waals surface area contributed by atoms with Crippen LogP contribution in [0.5, 0.6) is 11.5 Å². The lowest BCUT2D eigenvalue weighted by molar-refractivity contribution is -0.144. The van der Waals surface area contributed by atoms with Crippen LogP contribution in [-0.2, 0) is 22.6 Å². The van der Waals surface area contributed by atoms with Gasteiger partial charge in [0.05, 0.1) is 26.3 Å². The summed E-state index contributed by atoms with van der Waals surface area (Å²) >= 11 is 0. The zero-order valence-corrected chi connectivity index (χ0v) is 12.0. The maximum absolute atomic E-state index is 11.8. The van der Waals surface area contributed by atoms with Crippen molar-refractivity contribution in [3.63, 3.8) is 0 Å². The van der Waals surface area contributed by atoms with Crippen LogP contribution in [0.4, 0.5) is 0 Å². The topological polar surface area (TPSA) is 57.7 Å². The molecule has 2 rings (SSSR count). The number of carbonyl (C=O) groups is 1. The number of ether oxygens (including phenoxy) is 3. The highest BCUT2D eigenvalue weighted by molar-refractivity contribution is 5.73. The molecule has 1 heterocycles. The van der Waals surface area contributed by atoms with Gasteiger partial charge in [0.2, 0.25) is 0 Å². The minimum absolute atomic E-state index is 0.174. The highest BCUT2D eigenvalue weighted by atomic mass is 16.5. The number of hydrogen-bond donors (Lipinski definition) is 0. The predicted octanol–water partition coefficient (Wildman–Crippen LogP) is 2.38. The van der Waals surface area contributed by atoms with Crippen LogP contribution in [0.2, 0.25) is 0 Å². The summed E-state index contributed by atoms with van der Waals surface area (Å²) in [5, 5.41) is 0. The molecule has 0 unspecified atom stereocenters. The number of rotatable bonds is 6. The van der Waals surface area contributed by atoms with Crippen LogP contribution in [0.1, 0.15) is 11.3 Å². The van der Waals surface area contributed by atoms with E-state index in [0.29, 0.717) is 11.5 Å². The normalized spacial score (nSPS) is 10.0. The Morgan fingerprint density at radius 1 is 1.10 bits per heavy atom. The molecule has 0 atom stereocenters. The minimum atomic E-state index is -0.312. The molecular weight excluding hydrogens is 270 g/mol. The van der Waals surface area contributed by atoms with Gasteiger partial charge in [-0.05, 0) is 29.8 Å². The standard InChI is InChI=1S/C16H17NO4/c1-19-14-7-6-12(9-15(14)20-2)10-16(18)21-11-13-5-3-4-8-17-13/h3-9H,10-11H2,1-2H3. The summed E-state index contributed by atoms with van der Waals surface area (Å²) in [5.74, 6) is 0.906. The second-order valence-electron chi connectivity index (χ2n) is 4.35. The van der Waals surface area contributed by atoms with E-state index in [0.717, 1.165) is 11.3 Å². The molecule has 0 saturated heterocycles. The average molecular weight is 287 g/mol. The van der Waals surface area contributed by atoms with Crippen molar-refractivity contribution < 1.29 is 19.0 Å². The molecule has 5 nitrogen and oxygen atoms in total. The van der Waals surface area contributed by atoms with E-state index in [1.807, 2.05) is 24.3 Å². The highest BCUT2D eigenvalue weighted by Crippen LogP contribution is 2.27. The fourth-order valence-corrected chi connectivity index (χ4v) is 1.85. The van der Waals surface area contributed by atoms with E-state index >= 15 is 0 Å². The van der Waals surface area contributed by atoms with E-state index in [1.54, 1.807) is 32.5 Å². The molecule has 110 valence electrons. The van der Waals surface area contributed by atoms with Gasteiger partial charge in [-0.15, -0.1) is 0 Å². The van der Waals surface area contributed by atoms with E-state index < -0.39 is 0 Å². The maximum atomic E-state index is 11.8. The second kappa shape index (κ2) is 7.28. The van der Waals surface area contributed by atoms with Crippen LogP contribution in [0.3, 0.4) is 0 Å². The fourth-order valence-electron chi connectivity index (χ4n) is 1.85. The van der Waals surface area contributed by atoms with Crippen LogP contribution in [0, 0.1) is 0 Å². The Labute approximate surface area is 123 Å². The monoisotopic (exact) mass is 287 g/mol. The summed E-state index contributed by atoms with van der Waals surface area (Å²) in [4.78, 5) is 15.9. The molecule has 0 aliphatic heterocycles. The number of aromatic nitrogens is 1. The molecule has 21 heavy (non-hydrogen) atoms. The van der Waals surface area contributed by atoms with Gasteiger partial charge in [-0.3, -0.25) is 9.78 Å². The number of pyridine rings is 1. The van der Waals surface area contributed by atoms with E-state index in [9.17, 15) is 4.79 Å². The minimum Gasteiger partial charge on any atom is -0.493 e. The third-order valence-corrected chi connectivity index (χ3v) is 2.90. The average Bonchev–Trinajstić information content (AvgIpc) is 2.53. The lowest BCUT2D eigenvalue weighted by Crippen LogP contribution is -2.08. The summed E-state index contributed by atoms with van der Waals surface area (Å²) in [6.07, 6.45) is 1.84. The molecule has 0 aliphatic carbocycles. The molecule has 0 fully saturated rings. The van der Waals surface area contributed by atoms with Gasteiger partial charge < -0.3 is 14.2 Å². The number of methoxy groups -OCH3 is 2. The van der Waals surface area contributed by atoms with Gasteiger partial charge in [0.15, 0.2) is 11.5 Å². The van der Waals surface area contributed by atoms with Crippen molar-refractivity contribution in [3.05, 3.63) is 53.9 Å². The first-order chi connectivity index (χ1) is 10.2. The summed E-state index contributed by atoms with van der Waals surface area (Å²) < 4.78 is 15.5. The molecule has 1 aromatic carbocycles. The predicted molar refractivity (Wildman–Crippen MR) is 77.3 cm³/mol. The first-order valence-corrected chi connectivity index (χ1v) is 6.49. The number of esters is 1. The molecule has 1 aromatic heterocycles. The first-order valence-electron chi connectivity index (χ1n) is 6.49. The van der Waals surface area contributed by atoms with Crippen LogP contribution in [0.15, 0.2) is 42.6 Å². The molecule has 2 aromatic rings. The third-order valence-electron chi connectivity index (χ3n) is 2.90. The zero-order valence-electron chi connectivity index (χ0n) is 12.0. The Kier molecular flexibility index (Phi) is 5.15. The van der Waals surface area contributed by atoms with E-state index in [-0.39, 0.29) is 19.0 Å². The molecule has 0 saturated carbocycles. The summed E-state index contributed by atoms with van der Waals surface area (Å²) in [6.45, 7) is 0.174. The summed E-state index contributed by atoms with van der Waals surface area (Å²) in [5.41, 5.74) is 1.52. The molecule has 0 radical (unpaired) electrons. The lowest BCUT2D eigenvalue weighted by atomic mass is 10.1. The van der Waals surface area contributed by atoms with Gasteiger partial charge in [-0.2, -0.15) is 0 Å². The molecule has 0 amide bonds. The first kappa shape index (κ1) is 14.8. The molecule has 5 heteroatoms. The molecule has 0 N–H and O–H groups in total. The second-order valence-corrected chi connectivity index (χ2v) is 4.35. The highest BCUT2D eigenvalue weighted by Gasteiger charge is 2.09. The summed E-state index contributed by atoms with van der Waals surface area (Å²) in [6, 6.07) is 10.8. The van der Waals surface area contributed by atoms with Crippen molar-refractivity contribution >= 4 is 5.97 Å². The van der Waals surface area contributed by atoms with Crippen LogP contribution >= 0.6 is 0 Å². The van der Waals surface area contributed by atoms with Gasteiger partial charge in [-0.25, -0.2) is 0 Å². The van der Waals surface area contributed by atoms with E-state index in [1.165, 1.54) is 0 Å². The van der Waals surface area contributed by atoms with Crippen molar-refractivity contribution in [2.24, 2.45) is 0 Å². The van der Waals surface area contributed by atoms with Crippen molar-refractivity contribution in [2.45, 2.75) is 13.0 Å². The van der Waals surface area contributed by atoms with Crippen LogP contribution in [-0.4, -0.2) is 25.2 Å². The van der Waals surface area contributed by atoms with Crippen molar-refractivity contribution in [3.8, 4) is 11.5 Å². The Bertz CT molecular complexity index is 598. The zero-order chi connectivity index (χ0) is 15.1. The molecular formula is C16H17NO4. The lowest BCUT2D eigenvalue weighted by Gasteiger charge is -2.09. The van der Waals surface area contributed by atoms with Crippen LogP contribution < -0.4 is 9.47 Å². The Morgan fingerprint density at radius 3 is 2.57 bits per heavy atom. The number of nitrogens with zero attached hydrogens (tertiary/aromatic N) is 1. The molecule has 0 spiro atoms. The Balaban J connectivity index is 1.93. The Morgan fingerprint density at radius 2 is 1.90 bits per heavy atom. The van der Waals surface area contributed by atoms with Crippen molar-refractivity contribution in [1.29, 1.82) is 0 Å². The van der Waals surface area contributed by atoms with Gasteiger partial charge in [-0.1, -0.05) is 12.1 Å². The van der Waals surface area contributed by atoms with Gasteiger partial charge in [0, 0.05) is 6.20 Å². The third kappa shape index (κ3) is 4.21. The van der Waals surface area contributed by atoms with E-state index in [2.05, 4.69) is 4.98 Å². The number of benzene rings is 1. The molecule has 0 aliphatic rings. The number of carbonyl (C=O) groups excluding carboxylic acids is 1. The quantitative estimate of drug-likeness (QED) is 0.763. The fraction of sp³-hybridized carbons (Fsp3) is 0.250. The van der Waals surface area contributed by atoms with Crippen LogP contribution in [0.25, 0.3) is 0 Å². The number of hydrogen-bond acceptors (Lipinski definition) is 5. The van der Waals surface area contributed by atoms with Gasteiger partial charge in [0.1, 0.15) is 6.61 Å². The maximum Gasteiger partial charge on any atom is 0.310 e. The molecule has 0 bridgehead atoms. The van der Waals surface area contributed by atoms with Gasteiger partial charge >= 0.3 is 5.97 Å². The SMILES string of the molecule is COc1ccc(CC(=O)OCc2ccccn2)cc1OC. The smallest absolute Gasteiger partial charge is 0.310 e. The van der Waals surface area contributed by atoms with Crippen molar-refractivity contribution in [1.82, 2.24) is 4.98 Å². The van der Waals surface area contributed by atoms with E-state index in [4.69, 9.17) is 14.2 Å². The largest absolute Gasteiger partial charge is 0.493 e. The Hall–Kier alpha value is -2.56. The van der Waals surface area contributed by atoms with Crippen molar-refractivity contribution in [2.75, 3.05) is 14.2 Å². The van der Waals surface area contributed by atoms with Gasteiger partial charge in [0.25, 0.3) is 0 Å².